The zero-order valence-electron chi connectivity index (χ0n) is 15.2. The SMILES string of the molecule is CC(C)n1ncc2cc(C(=O)N[C@@H](C)c3ccc(S(N)(=O)=O)cc3)cnc21. The molecule has 0 saturated heterocycles. The molecule has 1 amide bonds. The van der Waals surface area contributed by atoms with Gasteiger partial charge in [-0.3, -0.25) is 4.79 Å². The van der Waals surface area contributed by atoms with Crippen molar-refractivity contribution in [2.75, 3.05) is 0 Å². The Morgan fingerprint density at radius 3 is 2.41 bits per heavy atom. The standard InChI is InChI=1S/C18H21N5O3S/c1-11(2)23-17-14(10-21-23)8-15(9-20-17)18(24)22-12(3)13-4-6-16(7-5-13)27(19,25)26/h4-12H,1-3H3,(H,22,24)(H2,19,25,26)/t12-/m0/s1. The molecule has 0 unspecified atom stereocenters. The number of primary sulfonamides is 1. The molecule has 8 nitrogen and oxygen atoms in total. The molecule has 142 valence electrons. The van der Waals surface area contributed by atoms with Gasteiger partial charge in [-0.15, -0.1) is 0 Å². The van der Waals surface area contributed by atoms with Crippen LogP contribution in [0.1, 0.15) is 48.8 Å². The van der Waals surface area contributed by atoms with Crippen molar-refractivity contribution in [3.63, 3.8) is 0 Å². The molecule has 0 aliphatic heterocycles. The van der Waals surface area contributed by atoms with Gasteiger partial charge in [0.2, 0.25) is 10.0 Å². The van der Waals surface area contributed by atoms with Crippen molar-refractivity contribution in [1.29, 1.82) is 0 Å². The molecular weight excluding hydrogens is 366 g/mol. The molecule has 0 radical (unpaired) electrons. The maximum absolute atomic E-state index is 12.5. The second-order valence-corrected chi connectivity index (χ2v) is 8.19. The number of hydrogen-bond acceptors (Lipinski definition) is 5. The lowest BCUT2D eigenvalue weighted by atomic mass is 10.1. The van der Waals surface area contributed by atoms with Crippen molar-refractivity contribution in [3.8, 4) is 0 Å². The summed E-state index contributed by atoms with van der Waals surface area (Å²) in [6.07, 6.45) is 3.21. The van der Waals surface area contributed by atoms with Crippen molar-refractivity contribution in [2.24, 2.45) is 5.14 Å². The normalized spacial score (nSPS) is 13.1. The number of carbonyl (C=O) groups is 1. The Morgan fingerprint density at radius 1 is 1.15 bits per heavy atom. The first-order valence-electron chi connectivity index (χ1n) is 8.43. The quantitative estimate of drug-likeness (QED) is 0.695. The van der Waals surface area contributed by atoms with Crippen LogP contribution >= 0.6 is 0 Å². The number of nitrogens with two attached hydrogens (primary N) is 1. The molecule has 3 N–H and O–H groups in total. The number of rotatable bonds is 5. The predicted molar refractivity (Wildman–Crippen MR) is 102 cm³/mol. The fraction of sp³-hybridized carbons (Fsp3) is 0.278. The Labute approximate surface area is 157 Å². The molecule has 9 heteroatoms. The number of nitrogens with one attached hydrogen (secondary N) is 1. The number of fused-ring (bicyclic) bond motifs is 1. The van der Waals surface area contributed by atoms with Crippen LogP contribution in [0, 0.1) is 0 Å². The summed E-state index contributed by atoms with van der Waals surface area (Å²) in [5, 5.41) is 13.1. The van der Waals surface area contributed by atoms with E-state index in [0.717, 1.165) is 16.6 Å². The van der Waals surface area contributed by atoms with Gasteiger partial charge >= 0.3 is 0 Å². The number of nitrogens with zero attached hydrogens (tertiary/aromatic N) is 3. The molecule has 3 rings (SSSR count). The highest BCUT2D eigenvalue weighted by Crippen LogP contribution is 2.19. The second kappa shape index (κ2) is 7.09. The third kappa shape index (κ3) is 3.99. The van der Waals surface area contributed by atoms with E-state index in [2.05, 4.69) is 15.4 Å². The van der Waals surface area contributed by atoms with Gasteiger partial charge in [0.15, 0.2) is 5.65 Å². The van der Waals surface area contributed by atoms with Gasteiger partial charge in [0.1, 0.15) is 0 Å². The summed E-state index contributed by atoms with van der Waals surface area (Å²) in [4.78, 5) is 16.9. The lowest BCUT2D eigenvalue weighted by Gasteiger charge is -2.15. The maximum atomic E-state index is 12.5. The van der Waals surface area contributed by atoms with Gasteiger partial charge in [0, 0.05) is 17.6 Å². The lowest BCUT2D eigenvalue weighted by molar-refractivity contribution is 0.0939. The number of pyridine rings is 1. The summed E-state index contributed by atoms with van der Waals surface area (Å²) in [6, 6.07) is 7.69. The van der Waals surface area contributed by atoms with E-state index in [1.54, 1.807) is 29.1 Å². The fourth-order valence-corrected chi connectivity index (χ4v) is 3.27. The molecule has 0 aliphatic carbocycles. The molecule has 0 saturated carbocycles. The molecule has 0 aliphatic rings. The van der Waals surface area contributed by atoms with Crippen LogP contribution in [-0.4, -0.2) is 29.1 Å². The van der Waals surface area contributed by atoms with Crippen molar-refractivity contribution in [1.82, 2.24) is 20.1 Å². The van der Waals surface area contributed by atoms with Crippen LogP contribution in [-0.2, 0) is 10.0 Å². The first-order valence-corrected chi connectivity index (χ1v) is 9.98. The number of aromatic nitrogens is 3. The molecule has 1 atom stereocenters. The van der Waals surface area contributed by atoms with E-state index >= 15 is 0 Å². The molecule has 0 bridgehead atoms. The van der Waals surface area contributed by atoms with Crippen LogP contribution in [0.5, 0.6) is 0 Å². The van der Waals surface area contributed by atoms with Gasteiger partial charge in [-0.25, -0.2) is 23.2 Å². The van der Waals surface area contributed by atoms with Crippen LogP contribution < -0.4 is 10.5 Å². The first-order chi connectivity index (χ1) is 12.7. The van der Waals surface area contributed by atoms with Crippen LogP contribution in [0.3, 0.4) is 0 Å². The Hall–Kier alpha value is -2.78. The lowest BCUT2D eigenvalue weighted by Crippen LogP contribution is -2.26. The summed E-state index contributed by atoms with van der Waals surface area (Å²) in [7, 11) is -3.74. The third-order valence-corrected chi connectivity index (χ3v) is 5.17. The zero-order chi connectivity index (χ0) is 19.8. The van der Waals surface area contributed by atoms with Gasteiger partial charge < -0.3 is 5.32 Å². The van der Waals surface area contributed by atoms with Gasteiger partial charge in [-0.2, -0.15) is 5.10 Å². The molecule has 0 fully saturated rings. The Kier molecular flexibility index (Phi) is 4.99. The predicted octanol–water partition coefficient (Wildman–Crippen LogP) is 2.15. The number of sulfonamides is 1. The monoisotopic (exact) mass is 387 g/mol. The van der Waals surface area contributed by atoms with Crippen molar-refractivity contribution >= 4 is 27.0 Å². The highest BCUT2D eigenvalue weighted by atomic mass is 32.2. The summed E-state index contributed by atoms with van der Waals surface area (Å²) < 4.78 is 24.4. The highest BCUT2D eigenvalue weighted by Gasteiger charge is 2.15. The van der Waals surface area contributed by atoms with Crippen LogP contribution in [0.25, 0.3) is 11.0 Å². The van der Waals surface area contributed by atoms with Gasteiger partial charge in [-0.05, 0) is 44.5 Å². The minimum Gasteiger partial charge on any atom is -0.345 e. The van der Waals surface area contributed by atoms with Crippen molar-refractivity contribution < 1.29 is 13.2 Å². The summed E-state index contributed by atoms with van der Waals surface area (Å²) in [5.41, 5.74) is 1.92. The first kappa shape index (κ1) is 19.0. The van der Waals surface area contributed by atoms with Crippen LogP contribution in [0.2, 0.25) is 0 Å². The van der Waals surface area contributed by atoms with E-state index in [1.165, 1.54) is 18.3 Å². The highest BCUT2D eigenvalue weighted by molar-refractivity contribution is 7.89. The third-order valence-electron chi connectivity index (χ3n) is 4.24. The fourth-order valence-electron chi connectivity index (χ4n) is 2.75. The van der Waals surface area contributed by atoms with Crippen LogP contribution in [0.15, 0.2) is 47.6 Å². The van der Waals surface area contributed by atoms with E-state index in [-0.39, 0.29) is 22.9 Å². The summed E-state index contributed by atoms with van der Waals surface area (Å²) >= 11 is 0. The van der Waals surface area contributed by atoms with E-state index in [9.17, 15) is 13.2 Å². The Morgan fingerprint density at radius 2 is 1.81 bits per heavy atom. The van der Waals surface area contributed by atoms with E-state index in [1.807, 2.05) is 20.8 Å². The van der Waals surface area contributed by atoms with E-state index in [4.69, 9.17) is 5.14 Å². The average molecular weight is 387 g/mol. The zero-order valence-corrected chi connectivity index (χ0v) is 16.1. The molecular formula is C18H21N5O3S. The number of benzene rings is 1. The number of amides is 1. The Bertz CT molecular complexity index is 1090. The maximum Gasteiger partial charge on any atom is 0.253 e. The topological polar surface area (TPSA) is 120 Å². The molecule has 27 heavy (non-hydrogen) atoms. The molecule has 3 aromatic rings. The van der Waals surface area contributed by atoms with Crippen molar-refractivity contribution in [3.05, 3.63) is 53.9 Å². The summed E-state index contributed by atoms with van der Waals surface area (Å²) in [5.74, 6) is -0.273. The van der Waals surface area contributed by atoms with E-state index < -0.39 is 10.0 Å². The van der Waals surface area contributed by atoms with Gasteiger partial charge in [-0.1, -0.05) is 12.1 Å². The largest absolute Gasteiger partial charge is 0.345 e. The number of hydrogen-bond donors (Lipinski definition) is 2. The summed E-state index contributed by atoms with van der Waals surface area (Å²) in [6.45, 7) is 5.84. The molecule has 2 heterocycles. The minimum absolute atomic E-state index is 0.0293. The second-order valence-electron chi connectivity index (χ2n) is 6.63. The van der Waals surface area contributed by atoms with Crippen molar-refractivity contribution in [2.45, 2.75) is 37.8 Å². The molecule has 2 aromatic heterocycles. The van der Waals surface area contributed by atoms with E-state index in [0.29, 0.717) is 5.56 Å². The minimum atomic E-state index is -3.74. The molecule has 0 spiro atoms. The van der Waals surface area contributed by atoms with Gasteiger partial charge in [0.05, 0.1) is 22.7 Å². The Balaban J connectivity index is 1.77. The average Bonchev–Trinajstić information content (AvgIpc) is 3.04. The van der Waals surface area contributed by atoms with Crippen LogP contribution in [0.4, 0.5) is 0 Å². The molecule has 1 aromatic carbocycles. The van der Waals surface area contributed by atoms with Gasteiger partial charge in [0.25, 0.3) is 5.91 Å². The number of carbonyl (C=O) groups excluding carboxylic acids is 1. The smallest absolute Gasteiger partial charge is 0.253 e.